The molecule has 0 saturated heterocycles. The molecule has 1 fully saturated rings. The lowest BCUT2D eigenvalue weighted by atomic mass is 9.83. The van der Waals surface area contributed by atoms with Gasteiger partial charge in [-0.2, -0.15) is 0 Å². The lowest BCUT2D eigenvalue weighted by Crippen LogP contribution is -2.29. The molecule has 5 rings (SSSR count). The number of hydrogen-bond donors (Lipinski definition) is 0. The predicted octanol–water partition coefficient (Wildman–Crippen LogP) is 7.21. The van der Waals surface area contributed by atoms with Gasteiger partial charge in [0.25, 0.3) is 0 Å². The third kappa shape index (κ3) is 5.79. The van der Waals surface area contributed by atoms with Crippen LogP contribution in [0.3, 0.4) is 0 Å². The Morgan fingerprint density at radius 3 is 2.55 bits per heavy atom. The summed E-state index contributed by atoms with van der Waals surface area (Å²) in [7, 11) is 1.42. The third-order valence-electron chi connectivity index (χ3n) is 7.19. The van der Waals surface area contributed by atoms with Crippen molar-refractivity contribution in [3.8, 4) is 11.5 Å². The molecule has 1 aliphatic carbocycles. The maximum absolute atomic E-state index is 15.1. The van der Waals surface area contributed by atoms with Gasteiger partial charge < -0.3 is 18.9 Å². The van der Waals surface area contributed by atoms with E-state index < -0.39 is 18.0 Å². The van der Waals surface area contributed by atoms with Crippen LogP contribution in [0.4, 0.5) is 4.39 Å². The first-order valence-corrected chi connectivity index (χ1v) is 13.4. The molecule has 5 nitrogen and oxygen atoms in total. The molecule has 8 heteroatoms. The highest BCUT2D eigenvalue weighted by molar-refractivity contribution is 7.79. The van der Waals surface area contributed by atoms with Crippen molar-refractivity contribution in [1.29, 1.82) is 0 Å². The summed E-state index contributed by atoms with van der Waals surface area (Å²) in [5, 5.41) is 0.135. The molecule has 0 amide bonds. The number of halogens is 2. The van der Waals surface area contributed by atoms with Gasteiger partial charge in [0.1, 0.15) is 23.4 Å². The SMILES string of the molecule is COC(=O)C(C)C(c1ccc2c(c1)OC(C(OC(=S)Oc1ccccc1)c1ccc(Cl)cc1F)C2)C1CC1. The average molecular weight is 555 g/mol. The number of rotatable bonds is 8. The Hall–Kier alpha value is -3.16. The molecule has 0 N–H and O–H groups in total. The van der Waals surface area contributed by atoms with E-state index >= 15 is 4.39 Å². The third-order valence-corrected chi connectivity index (χ3v) is 7.61. The van der Waals surface area contributed by atoms with E-state index in [1.54, 1.807) is 24.3 Å². The summed E-state index contributed by atoms with van der Waals surface area (Å²) >= 11 is 11.4. The monoisotopic (exact) mass is 554 g/mol. The summed E-state index contributed by atoms with van der Waals surface area (Å²) in [4.78, 5) is 12.3. The van der Waals surface area contributed by atoms with Gasteiger partial charge in [-0.1, -0.05) is 54.9 Å². The van der Waals surface area contributed by atoms with Crippen molar-refractivity contribution >= 4 is 35.0 Å². The average Bonchev–Trinajstić information content (AvgIpc) is 3.65. The number of esters is 1. The molecule has 198 valence electrons. The molecule has 4 unspecified atom stereocenters. The normalized spacial score (nSPS) is 18.5. The number of carbonyl (C=O) groups is 1. The van der Waals surface area contributed by atoms with Gasteiger partial charge in [-0.25, -0.2) is 4.39 Å². The van der Waals surface area contributed by atoms with Crippen LogP contribution < -0.4 is 9.47 Å². The zero-order chi connectivity index (χ0) is 26.8. The molecule has 0 aromatic heterocycles. The summed E-state index contributed by atoms with van der Waals surface area (Å²) in [6.07, 6.45) is 1.20. The fourth-order valence-corrected chi connectivity index (χ4v) is 5.55. The van der Waals surface area contributed by atoms with E-state index in [9.17, 15) is 4.79 Å². The number of thiocarbonyl (C=S) groups is 1. The first-order chi connectivity index (χ1) is 18.3. The highest BCUT2D eigenvalue weighted by atomic mass is 35.5. The topological polar surface area (TPSA) is 54.0 Å². The standard InChI is InChI=1S/C30H28ClFO5S/c1-17(29(33)34-2)27(18-8-9-18)20-11-10-19-14-26(36-25(19)15-20)28(23-13-12-21(31)16-24(23)32)37-30(38)35-22-6-4-3-5-7-22/h3-7,10-13,15-18,26-28H,8-9,14H2,1-2H3. The minimum Gasteiger partial charge on any atom is -0.486 e. The fourth-order valence-electron chi connectivity index (χ4n) is 5.19. The van der Waals surface area contributed by atoms with Crippen molar-refractivity contribution in [3.63, 3.8) is 0 Å². The summed E-state index contributed by atoms with van der Waals surface area (Å²) in [6.45, 7) is 1.91. The second-order valence-corrected chi connectivity index (χ2v) is 10.5. The number of ether oxygens (including phenoxy) is 4. The van der Waals surface area contributed by atoms with Gasteiger partial charge in [0.2, 0.25) is 0 Å². The zero-order valence-corrected chi connectivity index (χ0v) is 22.6. The zero-order valence-electron chi connectivity index (χ0n) is 21.1. The lowest BCUT2D eigenvalue weighted by Gasteiger charge is -2.25. The van der Waals surface area contributed by atoms with Crippen molar-refractivity contribution < 1.29 is 28.1 Å². The minimum absolute atomic E-state index is 0.0445. The first-order valence-electron chi connectivity index (χ1n) is 12.6. The molecule has 3 aromatic rings. The number of methoxy groups -OCH3 is 1. The lowest BCUT2D eigenvalue weighted by molar-refractivity contribution is -0.145. The van der Waals surface area contributed by atoms with E-state index in [1.807, 2.05) is 37.3 Å². The van der Waals surface area contributed by atoms with E-state index in [-0.39, 0.29) is 33.6 Å². The van der Waals surface area contributed by atoms with Gasteiger partial charge in [-0.15, -0.1) is 0 Å². The molecule has 0 bridgehead atoms. The van der Waals surface area contributed by atoms with Crippen molar-refractivity contribution in [2.45, 2.75) is 44.3 Å². The fraction of sp³-hybridized carbons (Fsp3) is 0.333. The Balaban J connectivity index is 1.40. The molecular formula is C30H28ClFO5S. The van der Waals surface area contributed by atoms with Crippen LogP contribution in [0.2, 0.25) is 5.02 Å². The van der Waals surface area contributed by atoms with Crippen LogP contribution in [0.25, 0.3) is 0 Å². The number of carbonyl (C=O) groups excluding carboxylic acids is 1. The van der Waals surface area contributed by atoms with Crippen molar-refractivity contribution in [2.75, 3.05) is 7.11 Å². The van der Waals surface area contributed by atoms with E-state index in [1.165, 1.54) is 13.2 Å². The molecule has 1 heterocycles. The molecule has 1 aliphatic heterocycles. The molecule has 38 heavy (non-hydrogen) atoms. The number of hydrogen-bond acceptors (Lipinski definition) is 6. The second-order valence-electron chi connectivity index (χ2n) is 9.77. The summed E-state index contributed by atoms with van der Waals surface area (Å²) in [6, 6.07) is 19.5. The van der Waals surface area contributed by atoms with Crippen LogP contribution in [-0.4, -0.2) is 24.4 Å². The molecule has 1 saturated carbocycles. The Morgan fingerprint density at radius 2 is 1.87 bits per heavy atom. The van der Waals surface area contributed by atoms with Gasteiger partial charge in [0.15, 0.2) is 6.10 Å². The molecule has 3 aromatic carbocycles. The van der Waals surface area contributed by atoms with Gasteiger partial charge in [0, 0.05) is 29.2 Å². The quantitative estimate of drug-likeness (QED) is 0.217. The van der Waals surface area contributed by atoms with Crippen LogP contribution in [0.15, 0.2) is 66.7 Å². The summed E-state index contributed by atoms with van der Waals surface area (Å²) in [5.41, 5.74) is 2.27. The molecule has 4 atom stereocenters. The smallest absolute Gasteiger partial charge is 0.358 e. The first kappa shape index (κ1) is 26.4. The predicted molar refractivity (Wildman–Crippen MR) is 146 cm³/mol. The van der Waals surface area contributed by atoms with Gasteiger partial charge in [0.05, 0.1) is 13.0 Å². The van der Waals surface area contributed by atoms with Gasteiger partial charge in [-0.05, 0) is 66.1 Å². The van der Waals surface area contributed by atoms with Crippen LogP contribution in [0.1, 0.15) is 48.5 Å². The van der Waals surface area contributed by atoms with Crippen LogP contribution in [0, 0.1) is 17.7 Å². The van der Waals surface area contributed by atoms with Gasteiger partial charge >= 0.3 is 11.2 Å². The van der Waals surface area contributed by atoms with Crippen molar-refractivity contribution in [2.24, 2.45) is 11.8 Å². The molecule has 2 aliphatic rings. The maximum atomic E-state index is 15.1. The Labute approximate surface area is 231 Å². The molecule has 0 spiro atoms. The van der Waals surface area contributed by atoms with E-state index in [0.717, 1.165) is 24.0 Å². The maximum Gasteiger partial charge on any atom is 0.358 e. The number of benzene rings is 3. The second kappa shape index (κ2) is 11.3. The van der Waals surface area contributed by atoms with Crippen LogP contribution in [-0.2, 0) is 20.7 Å². The number of para-hydroxylation sites is 1. The van der Waals surface area contributed by atoms with E-state index in [2.05, 4.69) is 6.07 Å². The van der Waals surface area contributed by atoms with E-state index in [4.69, 9.17) is 42.8 Å². The minimum atomic E-state index is -0.882. The highest BCUT2D eigenvalue weighted by Crippen LogP contribution is 2.48. The summed E-state index contributed by atoms with van der Waals surface area (Å²) in [5.74, 6) is 0.668. The number of fused-ring (bicyclic) bond motifs is 1. The Bertz CT molecular complexity index is 1330. The van der Waals surface area contributed by atoms with Crippen molar-refractivity contribution in [3.05, 3.63) is 94.3 Å². The molecular weight excluding hydrogens is 527 g/mol. The molecule has 0 radical (unpaired) electrons. The van der Waals surface area contributed by atoms with Crippen LogP contribution >= 0.6 is 23.8 Å². The van der Waals surface area contributed by atoms with Crippen LogP contribution in [0.5, 0.6) is 11.5 Å². The Morgan fingerprint density at radius 1 is 1.11 bits per heavy atom. The highest BCUT2D eigenvalue weighted by Gasteiger charge is 2.41. The largest absolute Gasteiger partial charge is 0.486 e. The van der Waals surface area contributed by atoms with E-state index in [0.29, 0.717) is 23.8 Å². The van der Waals surface area contributed by atoms with Crippen molar-refractivity contribution in [1.82, 2.24) is 0 Å². The van der Waals surface area contributed by atoms with Gasteiger partial charge in [-0.3, -0.25) is 4.79 Å². The Kier molecular flexibility index (Phi) is 7.86. The summed E-state index contributed by atoms with van der Waals surface area (Å²) < 4.78 is 38.2.